The molecule has 0 saturated carbocycles. The minimum atomic E-state index is -0.504. The zero-order valence-electron chi connectivity index (χ0n) is 19.2. The van der Waals surface area contributed by atoms with Crippen molar-refractivity contribution in [2.45, 2.75) is 19.2 Å². The van der Waals surface area contributed by atoms with Crippen LogP contribution in [-0.4, -0.2) is 58.3 Å². The van der Waals surface area contributed by atoms with Gasteiger partial charge in [-0.3, -0.25) is 9.80 Å². The third kappa shape index (κ3) is 4.88. The maximum atomic E-state index is 11.0. The molecule has 1 saturated heterocycles. The van der Waals surface area contributed by atoms with Crippen LogP contribution in [0.1, 0.15) is 18.7 Å². The van der Waals surface area contributed by atoms with E-state index in [-0.39, 0.29) is 6.17 Å². The average Bonchev–Trinajstić information content (AvgIpc) is 3.13. The summed E-state index contributed by atoms with van der Waals surface area (Å²) in [6.07, 6.45) is 3.82. The average molecular weight is 583 g/mol. The molecule has 4 nitrogen and oxygen atoms in total. The number of aliphatic hydroxyl groups excluding tert-OH is 1. The number of halogens is 2. The van der Waals surface area contributed by atoms with Crippen LogP contribution in [-0.2, 0) is 0 Å². The molecule has 1 N–H and O–H groups in total. The van der Waals surface area contributed by atoms with Gasteiger partial charge >= 0.3 is 0 Å². The molecule has 2 atom stereocenters. The molecule has 176 valence electrons. The molecule has 3 aromatic carbocycles. The normalized spacial score (nSPS) is 17.6. The Kier molecular flexibility index (Phi) is 7.23. The fourth-order valence-electron chi connectivity index (χ4n) is 5.08. The van der Waals surface area contributed by atoms with E-state index in [2.05, 4.69) is 119 Å². The van der Waals surface area contributed by atoms with Crippen molar-refractivity contribution in [1.82, 2.24) is 14.4 Å². The van der Waals surface area contributed by atoms with Crippen molar-refractivity contribution in [3.63, 3.8) is 0 Å². The van der Waals surface area contributed by atoms with Gasteiger partial charge in [0.15, 0.2) is 0 Å². The highest BCUT2D eigenvalue weighted by molar-refractivity contribution is 9.10. The lowest BCUT2D eigenvalue weighted by atomic mass is 10.2. The predicted octanol–water partition coefficient (Wildman–Crippen LogP) is 6.53. The van der Waals surface area contributed by atoms with Gasteiger partial charge in [0, 0.05) is 52.4 Å². The summed E-state index contributed by atoms with van der Waals surface area (Å²) in [5, 5.41) is 13.4. The van der Waals surface area contributed by atoms with Gasteiger partial charge in [-0.25, -0.2) is 0 Å². The van der Waals surface area contributed by atoms with Gasteiger partial charge in [0.2, 0.25) is 0 Å². The zero-order valence-corrected chi connectivity index (χ0v) is 22.4. The van der Waals surface area contributed by atoms with E-state index in [1.54, 1.807) is 0 Å². The summed E-state index contributed by atoms with van der Waals surface area (Å²) in [4.78, 5) is 4.92. The maximum absolute atomic E-state index is 11.0. The summed E-state index contributed by atoms with van der Waals surface area (Å²) in [6.45, 7) is 6.66. The number of aromatic nitrogens is 1. The van der Waals surface area contributed by atoms with Crippen molar-refractivity contribution >= 4 is 59.7 Å². The van der Waals surface area contributed by atoms with Crippen LogP contribution in [0, 0.1) is 0 Å². The van der Waals surface area contributed by atoms with Crippen molar-refractivity contribution in [2.24, 2.45) is 0 Å². The SMILES string of the molecule is CC(O)C(N1CCN(C/C=C/c2ccccc2)CC1)n1c2ccc(Br)cc2c2cc(Br)ccc21. The third-order valence-corrected chi connectivity index (χ3v) is 7.66. The molecule has 0 bridgehead atoms. The first-order chi connectivity index (χ1) is 16.5. The van der Waals surface area contributed by atoms with Crippen LogP contribution in [0.15, 0.2) is 81.8 Å². The van der Waals surface area contributed by atoms with Gasteiger partial charge in [-0.05, 0) is 48.9 Å². The smallest absolute Gasteiger partial charge is 0.113 e. The van der Waals surface area contributed by atoms with Crippen molar-refractivity contribution in [2.75, 3.05) is 32.7 Å². The van der Waals surface area contributed by atoms with Crippen LogP contribution < -0.4 is 0 Å². The lowest BCUT2D eigenvalue weighted by Gasteiger charge is -2.41. The van der Waals surface area contributed by atoms with Crippen LogP contribution in [0.5, 0.6) is 0 Å². The highest BCUT2D eigenvalue weighted by atomic mass is 79.9. The highest BCUT2D eigenvalue weighted by Gasteiger charge is 2.30. The van der Waals surface area contributed by atoms with Crippen molar-refractivity contribution < 1.29 is 5.11 Å². The molecule has 2 heterocycles. The molecule has 5 rings (SSSR count). The Balaban J connectivity index is 1.39. The van der Waals surface area contributed by atoms with Gasteiger partial charge in [-0.1, -0.05) is 74.3 Å². The van der Waals surface area contributed by atoms with Gasteiger partial charge in [0.1, 0.15) is 6.17 Å². The zero-order chi connectivity index (χ0) is 23.7. The lowest BCUT2D eigenvalue weighted by molar-refractivity contribution is -0.00346. The molecule has 2 unspecified atom stereocenters. The van der Waals surface area contributed by atoms with Crippen LogP contribution in [0.3, 0.4) is 0 Å². The molecule has 0 radical (unpaired) electrons. The first-order valence-corrected chi connectivity index (χ1v) is 13.3. The Labute approximate surface area is 217 Å². The number of benzene rings is 3. The van der Waals surface area contributed by atoms with Gasteiger partial charge < -0.3 is 9.67 Å². The molecule has 6 heteroatoms. The second-order valence-electron chi connectivity index (χ2n) is 9.00. The number of nitrogens with zero attached hydrogens (tertiary/aromatic N) is 3. The first kappa shape index (κ1) is 23.8. The molecule has 1 aliphatic rings. The van der Waals surface area contributed by atoms with E-state index in [1.165, 1.54) is 16.3 Å². The second kappa shape index (κ2) is 10.3. The molecule has 1 aromatic heterocycles. The fourth-order valence-corrected chi connectivity index (χ4v) is 5.80. The van der Waals surface area contributed by atoms with Crippen LogP contribution in [0.2, 0.25) is 0 Å². The van der Waals surface area contributed by atoms with Crippen molar-refractivity contribution in [3.8, 4) is 0 Å². The van der Waals surface area contributed by atoms with E-state index in [1.807, 2.05) is 13.0 Å². The fraction of sp³-hybridized carbons (Fsp3) is 0.286. The van der Waals surface area contributed by atoms with Crippen molar-refractivity contribution in [1.29, 1.82) is 0 Å². The molecular formula is C28H29Br2N3O. The summed E-state index contributed by atoms with van der Waals surface area (Å²) in [7, 11) is 0. The maximum Gasteiger partial charge on any atom is 0.113 e. The van der Waals surface area contributed by atoms with Gasteiger partial charge in [-0.2, -0.15) is 0 Å². The minimum absolute atomic E-state index is 0.121. The van der Waals surface area contributed by atoms with E-state index in [4.69, 9.17) is 0 Å². The largest absolute Gasteiger partial charge is 0.390 e. The van der Waals surface area contributed by atoms with E-state index < -0.39 is 6.10 Å². The number of fused-ring (bicyclic) bond motifs is 3. The van der Waals surface area contributed by atoms with E-state index in [0.29, 0.717) is 0 Å². The Hall–Kier alpha value is -1.96. The Morgan fingerprint density at radius 3 is 2.00 bits per heavy atom. The predicted molar refractivity (Wildman–Crippen MR) is 149 cm³/mol. The molecule has 4 aromatic rings. The van der Waals surface area contributed by atoms with E-state index in [9.17, 15) is 5.11 Å². The molecular weight excluding hydrogens is 554 g/mol. The summed E-state index contributed by atoms with van der Waals surface area (Å²) >= 11 is 7.28. The number of piperazine rings is 1. The monoisotopic (exact) mass is 581 g/mol. The highest BCUT2D eigenvalue weighted by Crippen LogP contribution is 2.37. The van der Waals surface area contributed by atoms with E-state index in [0.717, 1.165) is 52.7 Å². The lowest BCUT2D eigenvalue weighted by Crippen LogP contribution is -2.51. The second-order valence-corrected chi connectivity index (χ2v) is 10.8. The third-order valence-electron chi connectivity index (χ3n) is 6.68. The van der Waals surface area contributed by atoms with Gasteiger partial charge in [0.25, 0.3) is 0 Å². The summed E-state index contributed by atoms with van der Waals surface area (Å²) in [5.41, 5.74) is 3.53. The van der Waals surface area contributed by atoms with Crippen molar-refractivity contribution in [3.05, 3.63) is 87.3 Å². The number of hydrogen-bond acceptors (Lipinski definition) is 3. The van der Waals surface area contributed by atoms with Gasteiger partial charge in [0.05, 0.1) is 17.1 Å². The summed E-state index contributed by atoms with van der Waals surface area (Å²) in [6, 6.07) is 23.3. The van der Waals surface area contributed by atoms with Crippen LogP contribution in [0.4, 0.5) is 0 Å². The topological polar surface area (TPSA) is 31.6 Å². The van der Waals surface area contributed by atoms with E-state index >= 15 is 0 Å². The van der Waals surface area contributed by atoms with Gasteiger partial charge in [-0.15, -0.1) is 0 Å². The Morgan fingerprint density at radius 2 is 1.44 bits per heavy atom. The molecule has 1 aliphatic heterocycles. The minimum Gasteiger partial charge on any atom is -0.390 e. The quantitative estimate of drug-likeness (QED) is 0.280. The number of hydrogen-bond donors (Lipinski definition) is 1. The molecule has 0 spiro atoms. The summed E-state index contributed by atoms with van der Waals surface area (Å²) < 4.78 is 4.45. The molecule has 1 fully saturated rings. The summed E-state index contributed by atoms with van der Waals surface area (Å²) in [5.74, 6) is 0. The number of rotatable bonds is 6. The first-order valence-electron chi connectivity index (χ1n) is 11.8. The number of aliphatic hydroxyl groups is 1. The Bertz CT molecular complexity index is 1250. The molecule has 0 aliphatic carbocycles. The molecule has 0 amide bonds. The molecule has 34 heavy (non-hydrogen) atoms. The standard InChI is InChI=1S/C28H29Br2N3O/c1-20(34)28(32-16-14-31(15-17-32)13-5-8-21-6-3-2-4-7-21)33-26-11-9-22(29)18-24(26)25-19-23(30)10-12-27(25)33/h2-12,18-20,28,34H,13-17H2,1H3/b8-5+. The van der Waals surface area contributed by atoms with Crippen LogP contribution in [0.25, 0.3) is 27.9 Å². The Morgan fingerprint density at radius 1 is 0.853 bits per heavy atom. The van der Waals surface area contributed by atoms with Crippen LogP contribution >= 0.6 is 31.9 Å².